The summed E-state index contributed by atoms with van der Waals surface area (Å²) in [5, 5.41) is 3.99. The largest absolute Gasteiger partial charge is 0.313 e. The number of hydrogen-bond donors (Lipinski definition) is 1. The van der Waals surface area contributed by atoms with Gasteiger partial charge >= 0.3 is 0 Å². The highest BCUT2D eigenvalue weighted by atomic mass is 35.5. The van der Waals surface area contributed by atoms with E-state index in [0.717, 1.165) is 11.4 Å². The van der Waals surface area contributed by atoms with Crippen LogP contribution >= 0.6 is 11.6 Å². The Hall–Kier alpha value is -0.380. The molecule has 0 saturated carbocycles. The highest BCUT2D eigenvalue weighted by molar-refractivity contribution is 7.85. The molecule has 1 N–H and O–H groups in total. The maximum Gasteiger partial charge on any atom is 0.0574 e. The van der Waals surface area contributed by atoms with Gasteiger partial charge in [-0.25, -0.2) is 0 Å². The number of benzene rings is 1. The molecule has 0 aromatic heterocycles. The average molecular weight is 288 g/mol. The van der Waals surface area contributed by atoms with Gasteiger partial charge in [-0.15, -0.1) is 0 Å². The Morgan fingerprint density at radius 1 is 1.33 bits per heavy atom. The zero-order valence-corrected chi connectivity index (χ0v) is 13.1. The minimum atomic E-state index is -1.07. The van der Waals surface area contributed by atoms with Gasteiger partial charge in [0.2, 0.25) is 0 Å². The predicted molar refractivity (Wildman–Crippen MR) is 79.6 cm³/mol. The van der Waals surface area contributed by atoms with Crippen molar-refractivity contribution >= 4 is 22.4 Å². The molecule has 0 saturated heterocycles. The van der Waals surface area contributed by atoms with Crippen molar-refractivity contribution in [1.82, 2.24) is 5.32 Å². The molecule has 0 spiro atoms. The molecule has 1 aromatic rings. The summed E-state index contributed by atoms with van der Waals surface area (Å²) in [5.41, 5.74) is 0.0763. The summed E-state index contributed by atoms with van der Waals surface area (Å²) in [6.45, 7) is 9.41. The van der Waals surface area contributed by atoms with E-state index >= 15 is 0 Å². The molecule has 102 valence electrons. The lowest BCUT2D eigenvalue weighted by Crippen LogP contribution is -2.44. The lowest BCUT2D eigenvalue weighted by Gasteiger charge is -2.31. The highest BCUT2D eigenvalue weighted by Gasteiger charge is 2.26. The van der Waals surface area contributed by atoms with E-state index in [-0.39, 0.29) is 11.5 Å². The van der Waals surface area contributed by atoms with Crippen molar-refractivity contribution < 1.29 is 4.21 Å². The van der Waals surface area contributed by atoms with Gasteiger partial charge in [0, 0.05) is 11.8 Å². The Morgan fingerprint density at radius 2 is 1.94 bits per heavy atom. The van der Waals surface area contributed by atoms with Crippen LogP contribution in [-0.4, -0.2) is 22.5 Å². The van der Waals surface area contributed by atoms with E-state index in [9.17, 15) is 4.21 Å². The molecule has 0 amide bonds. The number of halogens is 1. The fourth-order valence-corrected chi connectivity index (χ4v) is 3.74. The first kappa shape index (κ1) is 15.7. The van der Waals surface area contributed by atoms with E-state index in [4.69, 9.17) is 11.6 Å². The second kappa shape index (κ2) is 6.69. The van der Waals surface area contributed by atoms with Crippen molar-refractivity contribution in [2.24, 2.45) is 5.41 Å². The molecule has 0 aliphatic heterocycles. The van der Waals surface area contributed by atoms with Crippen LogP contribution in [0.25, 0.3) is 0 Å². The van der Waals surface area contributed by atoms with Gasteiger partial charge < -0.3 is 5.32 Å². The molecule has 0 bridgehead atoms. The molecule has 2 nitrogen and oxygen atoms in total. The molecule has 0 aliphatic carbocycles. The Morgan fingerprint density at radius 3 is 2.44 bits per heavy atom. The standard InChI is InChI=1S/C14H22ClNOS/c1-5-16-13(14(2,3)4)10-18(17)12-9-7-6-8-11(12)15/h6-9,13,16H,5,10H2,1-4H3. The Kier molecular flexibility index (Phi) is 5.83. The monoisotopic (exact) mass is 287 g/mol. The van der Waals surface area contributed by atoms with E-state index < -0.39 is 10.8 Å². The molecule has 2 atom stereocenters. The fraction of sp³-hybridized carbons (Fsp3) is 0.571. The van der Waals surface area contributed by atoms with Crippen LogP contribution in [-0.2, 0) is 10.8 Å². The normalized spacial score (nSPS) is 15.4. The first-order chi connectivity index (χ1) is 8.36. The van der Waals surface area contributed by atoms with Crippen LogP contribution in [0.5, 0.6) is 0 Å². The summed E-state index contributed by atoms with van der Waals surface area (Å²) in [6, 6.07) is 7.56. The van der Waals surface area contributed by atoms with Crippen LogP contribution in [0.3, 0.4) is 0 Å². The van der Waals surface area contributed by atoms with E-state index in [2.05, 4.69) is 33.0 Å². The van der Waals surface area contributed by atoms with Gasteiger partial charge in [-0.2, -0.15) is 0 Å². The maximum absolute atomic E-state index is 12.4. The molecular formula is C14H22ClNOS. The van der Waals surface area contributed by atoms with Gasteiger partial charge in [0.15, 0.2) is 0 Å². The topological polar surface area (TPSA) is 29.1 Å². The molecule has 18 heavy (non-hydrogen) atoms. The van der Waals surface area contributed by atoms with Gasteiger partial charge in [-0.05, 0) is 24.1 Å². The van der Waals surface area contributed by atoms with Crippen LogP contribution in [0, 0.1) is 5.41 Å². The third-order valence-corrected chi connectivity index (χ3v) is 4.82. The van der Waals surface area contributed by atoms with Crippen molar-refractivity contribution in [3.63, 3.8) is 0 Å². The number of hydrogen-bond acceptors (Lipinski definition) is 2. The lowest BCUT2D eigenvalue weighted by atomic mass is 9.88. The van der Waals surface area contributed by atoms with Gasteiger partial charge in [0.1, 0.15) is 0 Å². The van der Waals surface area contributed by atoms with Crippen molar-refractivity contribution in [3.8, 4) is 0 Å². The van der Waals surface area contributed by atoms with Crippen molar-refractivity contribution in [2.75, 3.05) is 12.3 Å². The Bertz CT molecular complexity index is 415. The fourth-order valence-electron chi connectivity index (χ4n) is 1.73. The van der Waals surface area contributed by atoms with Gasteiger partial charge in [0.05, 0.1) is 20.7 Å². The first-order valence-corrected chi connectivity index (χ1v) is 7.92. The SMILES string of the molecule is CCNC(CS(=O)c1ccccc1Cl)C(C)(C)C. The van der Waals surface area contributed by atoms with Crippen LogP contribution < -0.4 is 5.32 Å². The van der Waals surface area contributed by atoms with E-state index in [0.29, 0.717) is 10.8 Å². The number of rotatable bonds is 5. The van der Waals surface area contributed by atoms with Crippen molar-refractivity contribution in [2.45, 2.75) is 38.6 Å². The summed E-state index contributed by atoms with van der Waals surface area (Å²) in [7, 11) is -1.07. The third-order valence-electron chi connectivity index (χ3n) is 2.90. The first-order valence-electron chi connectivity index (χ1n) is 6.22. The second-order valence-corrected chi connectivity index (χ2v) is 7.29. The van der Waals surface area contributed by atoms with Crippen LogP contribution in [0.4, 0.5) is 0 Å². The third kappa shape index (κ3) is 4.38. The molecule has 0 heterocycles. The van der Waals surface area contributed by atoms with Crippen LogP contribution in [0.15, 0.2) is 29.2 Å². The van der Waals surface area contributed by atoms with Gasteiger partial charge in [-0.3, -0.25) is 4.21 Å². The highest BCUT2D eigenvalue weighted by Crippen LogP contribution is 2.24. The smallest absolute Gasteiger partial charge is 0.0574 e. The average Bonchev–Trinajstić information content (AvgIpc) is 2.27. The van der Waals surface area contributed by atoms with Crippen molar-refractivity contribution in [3.05, 3.63) is 29.3 Å². The zero-order chi connectivity index (χ0) is 13.8. The quantitative estimate of drug-likeness (QED) is 0.898. The molecule has 4 heteroatoms. The van der Waals surface area contributed by atoms with Gasteiger partial charge in [-0.1, -0.05) is 51.4 Å². The zero-order valence-electron chi connectivity index (χ0n) is 11.5. The second-order valence-electron chi connectivity index (χ2n) is 5.42. The van der Waals surface area contributed by atoms with Crippen LogP contribution in [0.1, 0.15) is 27.7 Å². The van der Waals surface area contributed by atoms with Gasteiger partial charge in [0.25, 0.3) is 0 Å². The van der Waals surface area contributed by atoms with Crippen molar-refractivity contribution in [1.29, 1.82) is 0 Å². The van der Waals surface area contributed by atoms with E-state index in [1.54, 1.807) is 6.07 Å². The summed E-state index contributed by atoms with van der Waals surface area (Å²) in [4.78, 5) is 0.728. The van der Waals surface area contributed by atoms with E-state index in [1.165, 1.54) is 0 Å². The molecule has 0 fully saturated rings. The summed E-state index contributed by atoms with van der Waals surface area (Å²) in [6.07, 6.45) is 0. The number of nitrogens with one attached hydrogen (secondary N) is 1. The molecule has 0 radical (unpaired) electrons. The molecule has 0 aliphatic rings. The summed E-state index contributed by atoms with van der Waals surface area (Å²) in [5.74, 6) is 0.584. The molecule has 1 aromatic carbocycles. The molecular weight excluding hydrogens is 266 g/mol. The van der Waals surface area contributed by atoms with Crippen LogP contribution in [0.2, 0.25) is 5.02 Å². The van der Waals surface area contributed by atoms with E-state index in [1.807, 2.05) is 18.2 Å². The summed E-state index contributed by atoms with van der Waals surface area (Å²) >= 11 is 6.08. The Labute approximate surface area is 118 Å². The molecule has 2 unspecified atom stereocenters. The lowest BCUT2D eigenvalue weighted by molar-refractivity contribution is 0.294. The minimum Gasteiger partial charge on any atom is -0.313 e. The predicted octanol–water partition coefficient (Wildman–Crippen LogP) is 3.47. The summed E-state index contributed by atoms with van der Waals surface area (Å²) < 4.78 is 12.4. The molecule has 1 rings (SSSR count). The Balaban J connectivity index is 2.82. The maximum atomic E-state index is 12.4. The minimum absolute atomic E-state index is 0.0763.